The first kappa shape index (κ1) is 24.5. The molecule has 8 heteroatoms. The fraction of sp³-hybridized carbons (Fsp3) is 0.360. The molecule has 0 saturated carbocycles. The Morgan fingerprint density at radius 1 is 1.18 bits per heavy atom. The zero-order valence-electron chi connectivity index (χ0n) is 18.6. The summed E-state index contributed by atoms with van der Waals surface area (Å²) in [6.45, 7) is 0.326. The summed E-state index contributed by atoms with van der Waals surface area (Å²) in [7, 11) is 1.72. The van der Waals surface area contributed by atoms with Crippen LogP contribution in [0.25, 0.3) is 0 Å². The number of pyridine rings is 1. The van der Waals surface area contributed by atoms with Gasteiger partial charge in [0, 0.05) is 32.6 Å². The minimum absolute atomic E-state index is 0.00889. The summed E-state index contributed by atoms with van der Waals surface area (Å²) in [5.74, 6) is -1.33. The van der Waals surface area contributed by atoms with Gasteiger partial charge >= 0.3 is 5.97 Å². The molecule has 0 saturated heterocycles. The lowest BCUT2D eigenvalue weighted by Gasteiger charge is -2.29. The molecule has 0 radical (unpaired) electrons. The Morgan fingerprint density at radius 2 is 1.97 bits per heavy atom. The van der Waals surface area contributed by atoms with Gasteiger partial charge in [0.05, 0.1) is 12.0 Å². The Balaban J connectivity index is 1.66. The molecule has 174 valence electrons. The van der Waals surface area contributed by atoms with Crippen molar-refractivity contribution in [2.75, 3.05) is 13.7 Å². The van der Waals surface area contributed by atoms with Gasteiger partial charge < -0.3 is 15.0 Å². The molecule has 0 aliphatic carbocycles. The van der Waals surface area contributed by atoms with Crippen molar-refractivity contribution >= 4 is 29.4 Å². The van der Waals surface area contributed by atoms with Crippen LogP contribution < -0.4 is 5.32 Å². The number of allylic oxidation sites excluding steroid dienone is 2. The summed E-state index contributed by atoms with van der Waals surface area (Å²) in [4.78, 5) is 43.6. The van der Waals surface area contributed by atoms with Crippen molar-refractivity contribution in [2.45, 2.75) is 38.3 Å². The molecule has 1 aromatic heterocycles. The number of amides is 2. The van der Waals surface area contributed by atoms with Gasteiger partial charge in [0.1, 0.15) is 11.8 Å². The first-order valence-electron chi connectivity index (χ1n) is 10.9. The number of nitrogens with zero attached hydrogens (tertiary/aromatic N) is 2. The molecule has 2 amide bonds. The van der Waals surface area contributed by atoms with E-state index in [1.54, 1.807) is 30.3 Å². The van der Waals surface area contributed by atoms with Crippen LogP contribution in [0.15, 0.2) is 60.8 Å². The van der Waals surface area contributed by atoms with Crippen LogP contribution in [0.1, 0.15) is 42.9 Å². The van der Waals surface area contributed by atoms with Crippen LogP contribution in [0, 0.1) is 5.92 Å². The highest BCUT2D eigenvalue weighted by molar-refractivity contribution is 6.29. The molecule has 1 aliphatic heterocycles. The third-order valence-electron chi connectivity index (χ3n) is 5.58. The number of carbonyl (C=O) groups excluding carboxylic acids is 3. The van der Waals surface area contributed by atoms with Crippen LogP contribution in [-0.2, 0) is 25.7 Å². The maximum Gasteiger partial charge on any atom is 0.309 e. The third-order valence-corrected chi connectivity index (χ3v) is 5.81. The van der Waals surface area contributed by atoms with Crippen LogP contribution in [0.3, 0.4) is 0 Å². The summed E-state index contributed by atoms with van der Waals surface area (Å²) >= 11 is 5.78. The van der Waals surface area contributed by atoms with Crippen molar-refractivity contribution in [2.24, 2.45) is 5.92 Å². The number of rotatable bonds is 5. The van der Waals surface area contributed by atoms with Gasteiger partial charge in [-0.1, -0.05) is 60.2 Å². The number of likely N-dealkylation sites (N-methyl/N-ethyl adjacent to an activating group) is 1. The van der Waals surface area contributed by atoms with Crippen molar-refractivity contribution in [3.05, 3.63) is 77.1 Å². The van der Waals surface area contributed by atoms with Crippen LogP contribution >= 0.6 is 11.6 Å². The Morgan fingerprint density at radius 3 is 2.70 bits per heavy atom. The summed E-state index contributed by atoms with van der Waals surface area (Å²) in [5.41, 5.74) is 1.70. The molecule has 7 nitrogen and oxygen atoms in total. The van der Waals surface area contributed by atoms with Gasteiger partial charge in [-0.3, -0.25) is 14.4 Å². The Bertz CT molecular complexity index is 979. The van der Waals surface area contributed by atoms with E-state index < -0.39 is 17.9 Å². The van der Waals surface area contributed by atoms with E-state index in [1.807, 2.05) is 42.5 Å². The number of hydrogen-bond donors (Lipinski definition) is 1. The molecule has 33 heavy (non-hydrogen) atoms. The number of benzene rings is 1. The Kier molecular flexibility index (Phi) is 9.01. The van der Waals surface area contributed by atoms with E-state index in [4.69, 9.17) is 16.3 Å². The quantitative estimate of drug-likeness (QED) is 0.408. The molecule has 1 N–H and O–H groups in total. The molecule has 2 atom stereocenters. The maximum absolute atomic E-state index is 12.9. The molecular formula is C25H28ClN3O4. The Hall–Kier alpha value is -3.19. The van der Waals surface area contributed by atoms with E-state index in [-0.39, 0.29) is 24.8 Å². The standard InChI is InChI=1S/C25H28ClN3O4/c1-29-21(19-8-4-2-5-9-19)17-33-25(32)20(10-6-3-7-11-24(29)31)14-23(30)28-16-18-12-13-22(26)27-15-18/h2-6,8-9,12-13,15,20-21H,7,10-11,14,16-17H2,1H3,(H,28,30)/b6-3+/t20-,21-/m0/s1. The monoisotopic (exact) mass is 469 g/mol. The van der Waals surface area contributed by atoms with E-state index in [2.05, 4.69) is 10.3 Å². The SMILES string of the molecule is CN1C(=O)CC/C=C/C[C@@H](CC(=O)NCc2ccc(Cl)nc2)C(=O)OC[C@H]1c1ccccc1. The predicted molar refractivity (Wildman–Crippen MR) is 125 cm³/mol. The number of hydrogen-bond acceptors (Lipinski definition) is 5. The topological polar surface area (TPSA) is 88.6 Å². The number of esters is 1. The van der Waals surface area contributed by atoms with E-state index >= 15 is 0 Å². The second-order valence-electron chi connectivity index (χ2n) is 7.97. The number of cyclic esters (lactones) is 1. The first-order chi connectivity index (χ1) is 15.9. The number of nitrogens with one attached hydrogen (secondary N) is 1. The zero-order valence-corrected chi connectivity index (χ0v) is 19.3. The fourth-order valence-corrected chi connectivity index (χ4v) is 3.70. The predicted octanol–water partition coefficient (Wildman–Crippen LogP) is 3.84. The Labute approximate surface area is 198 Å². The number of carbonyl (C=O) groups is 3. The first-order valence-corrected chi connectivity index (χ1v) is 11.3. The highest BCUT2D eigenvalue weighted by Crippen LogP contribution is 2.23. The average molecular weight is 470 g/mol. The largest absolute Gasteiger partial charge is 0.463 e. The maximum atomic E-state index is 12.9. The molecule has 1 aliphatic rings. The van der Waals surface area contributed by atoms with Crippen LogP contribution in [0.5, 0.6) is 0 Å². The van der Waals surface area contributed by atoms with Crippen molar-refractivity contribution in [3.8, 4) is 0 Å². The summed E-state index contributed by atoms with van der Waals surface area (Å²) in [6.07, 6.45) is 6.63. The second-order valence-corrected chi connectivity index (χ2v) is 8.36. The van der Waals surface area contributed by atoms with Gasteiger partial charge in [0.25, 0.3) is 0 Å². The minimum Gasteiger partial charge on any atom is -0.463 e. The fourth-order valence-electron chi connectivity index (χ4n) is 3.59. The van der Waals surface area contributed by atoms with Gasteiger partial charge in [-0.2, -0.15) is 0 Å². The normalized spacial score (nSPS) is 20.8. The van der Waals surface area contributed by atoms with E-state index in [9.17, 15) is 14.4 Å². The minimum atomic E-state index is -0.610. The van der Waals surface area contributed by atoms with Gasteiger partial charge in [-0.05, 0) is 30.0 Å². The summed E-state index contributed by atoms with van der Waals surface area (Å²) < 4.78 is 5.62. The molecule has 0 unspecified atom stereocenters. The van der Waals surface area contributed by atoms with Crippen molar-refractivity contribution < 1.29 is 19.1 Å². The lowest BCUT2D eigenvalue weighted by Crippen LogP contribution is -2.35. The van der Waals surface area contributed by atoms with Gasteiger partial charge in [0.2, 0.25) is 11.8 Å². The highest BCUT2D eigenvalue weighted by Gasteiger charge is 2.27. The zero-order chi connectivity index (χ0) is 23.6. The van der Waals surface area contributed by atoms with E-state index in [1.165, 1.54) is 0 Å². The lowest BCUT2D eigenvalue weighted by molar-refractivity contribution is -0.153. The van der Waals surface area contributed by atoms with E-state index in [0.29, 0.717) is 31.0 Å². The van der Waals surface area contributed by atoms with Gasteiger partial charge in [0.15, 0.2) is 0 Å². The summed E-state index contributed by atoms with van der Waals surface area (Å²) in [5, 5.41) is 3.20. The highest BCUT2D eigenvalue weighted by atomic mass is 35.5. The van der Waals surface area contributed by atoms with E-state index in [0.717, 1.165) is 11.1 Å². The lowest BCUT2D eigenvalue weighted by atomic mass is 9.99. The molecule has 2 heterocycles. The van der Waals surface area contributed by atoms with Crippen molar-refractivity contribution in [1.29, 1.82) is 0 Å². The van der Waals surface area contributed by atoms with Crippen molar-refractivity contribution in [1.82, 2.24) is 15.2 Å². The van der Waals surface area contributed by atoms with Gasteiger partial charge in [-0.15, -0.1) is 0 Å². The molecular weight excluding hydrogens is 442 g/mol. The number of ether oxygens (including phenoxy) is 1. The number of halogens is 1. The average Bonchev–Trinajstić information content (AvgIpc) is 2.82. The molecule has 2 aromatic rings. The molecule has 0 fully saturated rings. The molecule has 0 bridgehead atoms. The van der Waals surface area contributed by atoms with Crippen LogP contribution in [0.4, 0.5) is 0 Å². The molecule has 1 aromatic carbocycles. The van der Waals surface area contributed by atoms with Crippen LogP contribution in [-0.4, -0.2) is 41.3 Å². The van der Waals surface area contributed by atoms with Crippen LogP contribution in [0.2, 0.25) is 5.15 Å². The second kappa shape index (κ2) is 12.2. The summed E-state index contributed by atoms with van der Waals surface area (Å²) in [6, 6.07) is 12.5. The van der Waals surface area contributed by atoms with Gasteiger partial charge in [-0.25, -0.2) is 4.98 Å². The smallest absolute Gasteiger partial charge is 0.309 e. The third kappa shape index (κ3) is 7.43. The molecule has 3 rings (SSSR count). The van der Waals surface area contributed by atoms with Crippen molar-refractivity contribution in [3.63, 3.8) is 0 Å². The number of aromatic nitrogens is 1. The molecule has 0 spiro atoms.